The Morgan fingerprint density at radius 2 is 1.74 bits per heavy atom. The highest BCUT2D eigenvalue weighted by Gasteiger charge is 2.32. The zero-order valence-corrected chi connectivity index (χ0v) is 21.2. The minimum absolute atomic E-state index is 0.252. The SMILES string of the molecule is CC(C)(CC#N)c1c(-c2ccc(P(C)(C)=O)cc2)c2cc(N)c(C=N)cc2n1-c1ccc(F)cc1. The minimum Gasteiger partial charge on any atom is -0.398 e. The summed E-state index contributed by atoms with van der Waals surface area (Å²) in [5.74, 6) is -0.341. The van der Waals surface area contributed by atoms with Crippen molar-refractivity contribution >= 4 is 35.3 Å². The van der Waals surface area contributed by atoms with Crippen LogP contribution in [-0.2, 0) is 9.98 Å². The molecule has 0 unspecified atom stereocenters. The quantitative estimate of drug-likeness (QED) is 0.186. The fourth-order valence-electron chi connectivity index (χ4n) is 4.55. The van der Waals surface area contributed by atoms with Crippen molar-refractivity contribution in [2.75, 3.05) is 19.1 Å². The van der Waals surface area contributed by atoms with Crippen molar-refractivity contribution in [3.8, 4) is 22.9 Å². The molecule has 1 heterocycles. The van der Waals surface area contributed by atoms with Gasteiger partial charge in [-0.1, -0.05) is 38.1 Å². The number of nitrogens with one attached hydrogen (secondary N) is 1. The van der Waals surface area contributed by atoms with Crippen molar-refractivity contribution in [3.63, 3.8) is 0 Å². The Labute approximate surface area is 204 Å². The van der Waals surface area contributed by atoms with Gasteiger partial charge in [-0.05, 0) is 55.3 Å². The van der Waals surface area contributed by atoms with E-state index >= 15 is 0 Å². The first-order valence-corrected chi connectivity index (χ1v) is 13.9. The standard InChI is InChI=1S/C28H28FN4OP/c1-28(2,13-14-30)27-26(18-5-11-22(12-6-18)35(3,4)34)23-16-24(32)19(17-31)15-25(23)33(27)21-9-7-20(29)8-10-21/h5-12,15-17,31H,13,32H2,1-4H3. The van der Waals surface area contributed by atoms with Crippen LogP contribution in [0, 0.1) is 22.6 Å². The topological polar surface area (TPSA) is 95.7 Å². The number of anilines is 1. The van der Waals surface area contributed by atoms with Crippen molar-refractivity contribution in [2.45, 2.75) is 25.7 Å². The molecule has 0 spiro atoms. The lowest BCUT2D eigenvalue weighted by Crippen LogP contribution is -2.21. The van der Waals surface area contributed by atoms with Gasteiger partial charge in [0.25, 0.3) is 0 Å². The maximum Gasteiger partial charge on any atom is 0.123 e. The summed E-state index contributed by atoms with van der Waals surface area (Å²) in [7, 11) is -2.43. The fourth-order valence-corrected chi connectivity index (χ4v) is 5.42. The van der Waals surface area contributed by atoms with E-state index in [1.807, 2.05) is 54.8 Å². The molecular formula is C28H28FN4OP. The third-order valence-corrected chi connectivity index (χ3v) is 7.89. The Balaban J connectivity index is 2.18. The molecule has 1 aromatic heterocycles. The Hall–Kier alpha value is -3.68. The molecule has 0 fully saturated rings. The zero-order valence-electron chi connectivity index (χ0n) is 20.3. The number of rotatable bonds is 6. The van der Waals surface area contributed by atoms with E-state index in [0.717, 1.165) is 38.7 Å². The minimum atomic E-state index is -2.43. The molecule has 178 valence electrons. The molecule has 3 aromatic carbocycles. The van der Waals surface area contributed by atoms with Crippen LogP contribution in [0.2, 0.25) is 0 Å². The van der Waals surface area contributed by atoms with Crippen LogP contribution < -0.4 is 11.0 Å². The first-order chi connectivity index (χ1) is 16.5. The number of nitrogens with two attached hydrogens (primary N) is 1. The summed E-state index contributed by atoms with van der Waals surface area (Å²) in [5.41, 5.74) is 11.0. The van der Waals surface area contributed by atoms with Gasteiger partial charge in [0, 0.05) is 56.9 Å². The second-order valence-corrected chi connectivity index (χ2v) is 13.0. The van der Waals surface area contributed by atoms with Crippen LogP contribution in [0.4, 0.5) is 10.1 Å². The summed E-state index contributed by atoms with van der Waals surface area (Å²) >= 11 is 0. The number of hydrogen-bond donors (Lipinski definition) is 2. The zero-order chi connectivity index (χ0) is 25.5. The number of hydrogen-bond acceptors (Lipinski definition) is 4. The van der Waals surface area contributed by atoms with Crippen molar-refractivity contribution in [1.29, 1.82) is 10.7 Å². The van der Waals surface area contributed by atoms with Crippen LogP contribution in [0.1, 0.15) is 31.5 Å². The Morgan fingerprint density at radius 3 is 2.29 bits per heavy atom. The van der Waals surface area contributed by atoms with Gasteiger partial charge in [0.05, 0.1) is 11.6 Å². The van der Waals surface area contributed by atoms with E-state index in [0.29, 0.717) is 11.3 Å². The van der Waals surface area contributed by atoms with Crippen LogP contribution in [-0.4, -0.2) is 24.1 Å². The van der Waals surface area contributed by atoms with E-state index < -0.39 is 12.6 Å². The molecule has 7 heteroatoms. The number of aromatic nitrogens is 1. The van der Waals surface area contributed by atoms with Crippen LogP contribution in [0.15, 0.2) is 60.7 Å². The normalized spacial score (nSPS) is 12.0. The summed E-state index contributed by atoms with van der Waals surface area (Å²) in [6.45, 7) is 7.50. The molecule has 3 N–H and O–H groups in total. The van der Waals surface area contributed by atoms with E-state index in [-0.39, 0.29) is 12.2 Å². The number of fused-ring (bicyclic) bond motifs is 1. The molecule has 5 nitrogen and oxygen atoms in total. The number of nitrogen functional groups attached to an aromatic ring is 1. The van der Waals surface area contributed by atoms with E-state index in [1.165, 1.54) is 18.3 Å². The number of halogens is 1. The highest BCUT2D eigenvalue weighted by molar-refractivity contribution is 7.70. The summed E-state index contributed by atoms with van der Waals surface area (Å²) in [4.78, 5) is 0. The van der Waals surface area contributed by atoms with Crippen LogP contribution in [0.5, 0.6) is 0 Å². The first-order valence-electron chi connectivity index (χ1n) is 11.3. The van der Waals surface area contributed by atoms with Gasteiger partial charge in [-0.15, -0.1) is 0 Å². The molecule has 0 radical (unpaired) electrons. The molecule has 0 saturated heterocycles. The number of nitriles is 1. The number of benzene rings is 3. The molecular weight excluding hydrogens is 458 g/mol. The highest BCUT2D eigenvalue weighted by Crippen LogP contribution is 2.45. The van der Waals surface area contributed by atoms with Gasteiger partial charge in [-0.25, -0.2) is 4.39 Å². The van der Waals surface area contributed by atoms with E-state index in [4.69, 9.17) is 11.1 Å². The van der Waals surface area contributed by atoms with Gasteiger partial charge in [0.1, 0.15) is 13.0 Å². The maximum absolute atomic E-state index is 13.8. The monoisotopic (exact) mass is 486 g/mol. The molecule has 0 atom stereocenters. The van der Waals surface area contributed by atoms with Gasteiger partial charge < -0.3 is 20.3 Å². The Kier molecular flexibility index (Phi) is 6.17. The maximum atomic E-state index is 13.8. The molecule has 0 bridgehead atoms. The lowest BCUT2D eigenvalue weighted by Gasteiger charge is -2.26. The third kappa shape index (κ3) is 4.40. The molecule has 0 aliphatic carbocycles. The predicted molar refractivity (Wildman–Crippen MR) is 143 cm³/mol. The second-order valence-electron chi connectivity index (χ2n) is 9.79. The average Bonchev–Trinajstić information content (AvgIpc) is 3.13. The van der Waals surface area contributed by atoms with Crippen molar-refractivity contribution in [2.24, 2.45) is 0 Å². The average molecular weight is 487 g/mol. The lowest BCUT2D eigenvalue weighted by atomic mass is 9.82. The molecule has 0 aliphatic rings. The molecule has 4 aromatic rings. The smallest absolute Gasteiger partial charge is 0.123 e. The van der Waals surface area contributed by atoms with Gasteiger partial charge >= 0.3 is 0 Å². The summed E-state index contributed by atoms with van der Waals surface area (Å²) in [6.07, 6.45) is 1.47. The van der Waals surface area contributed by atoms with E-state index in [1.54, 1.807) is 25.5 Å². The van der Waals surface area contributed by atoms with Gasteiger partial charge in [0.15, 0.2) is 0 Å². The summed E-state index contributed by atoms with van der Waals surface area (Å²) in [5, 5.41) is 19.1. The Bertz CT molecular complexity index is 1520. The first kappa shape index (κ1) is 24.4. The van der Waals surface area contributed by atoms with Crippen LogP contribution >= 0.6 is 7.14 Å². The molecule has 4 rings (SSSR count). The van der Waals surface area contributed by atoms with Crippen LogP contribution in [0.25, 0.3) is 27.7 Å². The third-order valence-electron chi connectivity index (χ3n) is 6.35. The summed E-state index contributed by atoms with van der Waals surface area (Å²) < 4.78 is 28.5. The lowest BCUT2D eigenvalue weighted by molar-refractivity contribution is 0.516. The van der Waals surface area contributed by atoms with Gasteiger partial charge in [0.2, 0.25) is 0 Å². The predicted octanol–water partition coefficient (Wildman–Crippen LogP) is 6.46. The number of nitrogens with zero attached hydrogens (tertiary/aromatic N) is 2. The second kappa shape index (κ2) is 8.83. The molecule has 0 saturated carbocycles. The van der Waals surface area contributed by atoms with Crippen molar-refractivity contribution < 1.29 is 8.96 Å². The van der Waals surface area contributed by atoms with E-state index in [2.05, 4.69) is 6.07 Å². The largest absolute Gasteiger partial charge is 0.398 e. The van der Waals surface area contributed by atoms with Crippen molar-refractivity contribution in [1.82, 2.24) is 4.57 Å². The Morgan fingerprint density at radius 1 is 1.11 bits per heavy atom. The summed E-state index contributed by atoms with van der Waals surface area (Å²) in [6, 6.07) is 19.9. The highest BCUT2D eigenvalue weighted by atomic mass is 31.2. The van der Waals surface area contributed by atoms with Gasteiger partial charge in [-0.3, -0.25) is 0 Å². The molecule has 0 amide bonds. The van der Waals surface area contributed by atoms with Crippen LogP contribution in [0.3, 0.4) is 0 Å². The van der Waals surface area contributed by atoms with Gasteiger partial charge in [-0.2, -0.15) is 5.26 Å². The van der Waals surface area contributed by atoms with E-state index in [9.17, 15) is 14.2 Å². The molecule has 35 heavy (non-hydrogen) atoms. The fraction of sp³-hybridized carbons (Fsp3) is 0.214. The van der Waals surface area contributed by atoms with Crippen molar-refractivity contribution in [3.05, 3.63) is 77.7 Å². The molecule has 0 aliphatic heterocycles.